The third-order valence-electron chi connectivity index (χ3n) is 1.37. The summed E-state index contributed by atoms with van der Waals surface area (Å²) in [5.41, 5.74) is -0.608. The first kappa shape index (κ1) is 13.9. The maximum absolute atomic E-state index is 11.2. The van der Waals surface area contributed by atoms with Gasteiger partial charge in [0.25, 0.3) is 0 Å². The van der Waals surface area contributed by atoms with E-state index in [4.69, 9.17) is 4.18 Å². The van der Waals surface area contributed by atoms with Gasteiger partial charge in [-0.25, -0.2) is 0 Å². The molecule has 1 radical (unpaired) electrons. The number of hydrogen-bond acceptors (Lipinski definition) is 3. The maximum atomic E-state index is 11.2. The minimum Gasteiger partial charge on any atom is -0.257 e. The van der Waals surface area contributed by atoms with E-state index < -0.39 is 15.8 Å². The van der Waals surface area contributed by atoms with Gasteiger partial charge in [0.1, 0.15) is 0 Å². The molecule has 0 heterocycles. The fraction of sp³-hybridized carbons (Fsp3) is 1.00. The molecule has 0 rings (SSSR count). The molecule has 0 bridgehead atoms. The smallest absolute Gasteiger partial charge is 0.257 e. The van der Waals surface area contributed by atoms with Crippen LogP contribution in [0.4, 0.5) is 0 Å². The molecule has 4 nitrogen and oxygen atoms in total. The summed E-state index contributed by atoms with van der Waals surface area (Å²) in [5, 5.41) is 0. The number of nitrogens with zero attached hydrogens (tertiary/aromatic N) is 1. The van der Waals surface area contributed by atoms with Gasteiger partial charge in [0, 0.05) is 5.54 Å². The summed E-state index contributed by atoms with van der Waals surface area (Å²) < 4.78 is 30.7. The molecule has 85 valence electrons. The lowest BCUT2D eigenvalue weighted by Crippen LogP contribution is -2.35. The molecule has 0 aromatic heterocycles. The van der Waals surface area contributed by atoms with Gasteiger partial charge >= 0.3 is 10.3 Å². The fourth-order valence-corrected chi connectivity index (χ4v) is 1.93. The van der Waals surface area contributed by atoms with Gasteiger partial charge < -0.3 is 0 Å². The predicted molar refractivity (Wildman–Crippen MR) is 56.3 cm³/mol. The first-order valence-corrected chi connectivity index (χ1v) is 6.27. The highest BCUT2D eigenvalue weighted by Crippen LogP contribution is 2.06. The van der Waals surface area contributed by atoms with Crippen molar-refractivity contribution in [2.24, 2.45) is 0 Å². The standard InChI is InChI=1S/C9H20NO3S/c1-5-6-7-8-13-14(11,12)10-9(2,3)4/h5-8H2,1-4H3. The third-order valence-corrected chi connectivity index (χ3v) is 2.60. The Labute approximate surface area is 87.3 Å². The Morgan fingerprint density at radius 3 is 2.21 bits per heavy atom. The highest BCUT2D eigenvalue weighted by Gasteiger charge is 2.22. The largest absolute Gasteiger partial charge is 0.353 e. The quantitative estimate of drug-likeness (QED) is 0.644. The molecular formula is C9H20NO3S. The average Bonchev–Trinajstić information content (AvgIpc) is 1.93. The van der Waals surface area contributed by atoms with E-state index >= 15 is 0 Å². The van der Waals surface area contributed by atoms with E-state index in [0.29, 0.717) is 0 Å². The van der Waals surface area contributed by atoms with Crippen molar-refractivity contribution in [3.63, 3.8) is 0 Å². The van der Waals surface area contributed by atoms with Crippen molar-refractivity contribution in [1.82, 2.24) is 4.72 Å². The molecule has 0 aliphatic rings. The fourth-order valence-electron chi connectivity index (χ4n) is 0.878. The summed E-state index contributed by atoms with van der Waals surface area (Å²) in [6.45, 7) is 7.45. The molecule has 0 aliphatic carbocycles. The van der Waals surface area contributed by atoms with Gasteiger partial charge in [0.05, 0.1) is 6.61 Å². The number of hydrogen-bond donors (Lipinski definition) is 0. The lowest BCUT2D eigenvalue weighted by Gasteiger charge is -2.16. The van der Waals surface area contributed by atoms with Gasteiger partial charge in [-0.3, -0.25) is 4.18 Å². The van der Waals surface area contributed by atoms with Crippen LogP contribution < -0.4 is 4.72 Å². The van der Waals surface area contributed by atoms with Gasteiger partial charge in [-0.1, -0.05) is 24.5 Å². The van der Waals surface area contributed by atoms with Crippen LogP contribution in [0.3, 0.4) is 0 Å². The zero-order chi connectivity index (χ0) is 11.2. The molecular weight excluding hydrogens is 202 g/mol. The highest BCUT2D eigenvalue weighted by atomic mass is 32.2. The molecule has 0 fully saturated rings. The Kier molecular flexibility index (Phi) is 5.63. The Bertz CT molecular complexity index is 241. The van der Waals surface area contributed by atoms with E-state index in [1.165, 1.54) is 0 Å². The van der Waals surface area contributed by atoms with Crippen molar-refractivity contribution in [1.29, 1.82) is 0 Å². The van der Waals surface area contributed by atoms with Crippen molar-refractivity contribution in [2.45, 2.75) is 52.5 Å². The van der Waals surface area contributed by atoms with Crippen LogP contribution in [0.2, 0.25) is 0 Å². The summed E-state index contributed by atoms with van der Waals surface area (Å²) in [6.07, 6.45) is 2.78. The molecule has 0 unspecified atom stereocenters. The van der Waals surface area contributed by atoms with Gasteiger partial charge in [-0.05, 0) is 27.2 Å². The zero-order valence-electron chi connectivity index (χ0n) is 9.41. The van der Waals surface area contributed by atoms with E-state index in [-0.39, 0.29) is 6.61 Å². The Balaban J connectivity index is 3.86. The normalized spacial score (nSPS) is 13.1. The van der Waals surface area contributed by atoms with Crippen LogP contribution in [0.1, 0.15) is 47.0 Å². The summed E-state index contributed by atoms with van der Waals surface area (Å²) in [5.74, 6) is 0. The topological polar surface area (TPSA) is 57.5 Å². The molecule has 0 aromatic carbocycles. The third kappa shape index (κ3) is 8.47. The molecule has 0 aliphatic heterocycles. The first-order valence-electron chi connectivity index (χ1n) is 4.90. The zero-order valence-corrected chi connectivity index (χ0v) is 10.2. The van der Waals surface area contributed by atoms with E-state index in [9.17, 15) is 8.42 Å². The van der Waals surface area contributed by atoms with Gasteiger partial charge in [0.15, 0.2) is 0 Å². The molecule has 0 saturated carbocycles. The Hall–Kier alpha value is -0.130. The monoisotopic (exact) mass is 222 g/mol. The Morgan fingerprint density at radius 1 is 1.21 bits per heavy atom. The summed E-state index contributed by atoms with van der Waals surface area (Å²) in [4.78, 5) is 0. The molecule has 0 atom stereocenters. The van der Waals surface area contributed by atoms with Crippen LogP contribution >= 0.6 is 0 Å². The second-order valence-electron chi connectivity index (χ2n) is 4.22. The lowest BCUT2D eigenvalue weighted by molar-refractivity contribution is 0.290. The molecule has 14 heavy (non-hydrogen) atoms. The summed E-state index contributed by atoms with van der Waals surface area (Å²) in [6, 6.07) is 0. The van der Waals surface area contributed by atoms with Gasteiger partial charge in [-0.15, -0.1) is 0 Å². The van der Waals surface area contributed by atoms with Crippen LogP contribution in [0.25, 0.3) is 0 Å². The molecule has 0 N–H and O–H groups in total. The van der Waals surface area contributed by atoms with Crippen molar-refractivity contribution in [3.8, 4) is 0 Å². The van der Waals surface area contributed by atoms with E-state index in [0.717, 1.165) is 19.3 Å². The molecule has 0 saturated heterocycles. The van der Waals surface area contributed by atoms with Crippen LogP contribution in [0.5, 0.6) is 0 Å². The van der Waals surface area contributed by atoms with Crippen molar-refractivity contribution in [3.05, 3.63) is 0 Å². The molecule has 0 aromatic rings. The number of unbranched alkanes of at least 4 members (excludes halogenated alkanes) is 2. The van der Waals surface area contributed by atoms with Gasteiger partial charge in [0.2, 0.25) is 0 Å². The van der Waals surface area contributed by atoms with Crippen LogP contribution in [0.15, 0.2) is 0 Å². The summed E-state index contributed by atoms with van der Waals surface area (Å²) in [7, 11) is -3.69. The summed E-state index contributed by atoms with van der Waals surface area (Å²) >= 11 is 0. The van der Waals surface area contributed by atoms with Gasteiger partial charge in [-0.2, -0.15) is 8.42 Å². The average molecular weight is 222 g/mol. The molecule has 0 amide bonds. The van der Waals surface area contributed by atoms with E-state index in [1.54, 1.807) is 20.8 Å². The second-order valence-corrected chi connectivity index (χ2v) is 5.49. The highest BCUT2D eigenvalue weighted by molar-refractivity contribution is 7.84. The number of rotatable bonds is 6. The molecule has 0 spiro atoms. The first-order chi connectivity index (χ1) is 6.27. The predicted octanol–water partition coefficient (Wildman–Crippen LogP) is 1.84. The lowest BCUT2D eigenvalue weighted by atomic mass is 10.1. The second kappa shape index (κ2) is 5.68. The maximum Gasteiger partial charge on any atom is 0.353 e. The van der Waals surface area contributed by atoms with E-state index in [1.807, 2.05) is 6.92 Å². The van der Waals surface area contributed by atoms with E-state index in [2.05, 4.69) is 4.72 Å². The SMILES string of the molecule is CCCCCOS(=O)(=O)[N]C(C)(C)C. The minimum atomic E-state index is -3.69. The van der Waals surface area contributed by atoms with Crippen LogP contribution in [-0.4, -0.2) is 20.6 Å². The van der Waals surface area contributed by atoms with Crippen LogP contribution in [-0.2, 0) is 14.5 Å². The molecule has 5 heteroatoms. The van der Waals surface area contributed by atoms with Crippen LogP contribution in [0, 0.1) is 0 Å². The Morgan fingerprint density at radius 2 is 1.79 bits per heavy atom. The van der Waals surface area contributed by atoms with Crippen molar-refractivity contribution in [2.75, 3.05) is 6.61 Å². The van der Waals surface area contributed by atoms with Crippen molar-refractivity contribution < 1.29 is 12.6 Å². The van der Waals surface area contributed by atoms with Crippen molar-refractivity contribution >= 4 is 10.3 Å². The minimum absolute atomic E-state index is 0.232.